The third-order valence-corrected chi connectivity index (χ3v) is 2.04. The van der Waals surface area contributed by atoms with Crippen molar-refractivity contribution in [2.24, 2.45) is 0 Å². The number of carbonyl (C=O) groups excluding carboxylic acids is 1. The summed E-state index contributed by atoms with van der Waals surface area (Å²) in [5.41, 5.74) is 0.859. The lowest BCUT2D eigenvalue weighted by Crippen LogP contribution is -2.23. The Morgan fingerprint density at radius 3 is 2.75 bits per heavy atom. The molecule has 6 heteroatoms. The Balaban J connectivity index is 2.70. The second-order valence-corrected chi connectivity index (χ2v) is 3.38. The van der Waals surface area contributed by atoms with Crippen LogP contribution in [0.2, 0.25) is 0 Å². The van der Waals surface area contributed by atoms with Crippen molar-refractivity contribution in [2.45, 2.75) is 25.6 Å². The molecule has 88 valence electrons. The molecule has 0 saturated heterocycles. The van der Waals surface area contributed by atoms with E-state index in [4.69, 9.17) is 0 Å². The van der Waals surface area contributed by atoms with Crippen molar-refractivity contribution in [1.82, 2.24) is 9.97 Å². The molecular formula is C10H14N2O4. The molecule has 0 aliphatic carbocycles. The first kappa shape index (κ1) is 12.5. The number of hydrogen-bond acceptors (Lipinski definition) is 6. The number of aryl methyl sites for hydroxylation is 1. The second-order valence-electron chi connectivity index (χ2n) is 3.38. The Bertz CT molecular complexity index is 370. The van der Waals surface area contributed by atoms with E-state index in [1.807, 2.05) is 0 Å². The Kier molecular flexibility index (Phi) is 4.33. The first-order valence-corrected chi connectivity index (χ1v) is 4.76. The SMILES string of the molecule is COC(=O)CC(O)C(O)c1cncc(C)n1. The van der Waals surface area contributed by atoms with Crippen molar-refractivity contribution in [2.75, 3.05) is 7.11 Å². The van der Waals surface area contributed by atoms with Crippen molar-refractivity contribution in [3.63, 3.8) is 0 Å². The van der Waals surface area contributed by atoms with Crippen molar-refractivity contribution in [3.05, 3.63) is 23.8 Å². The Hall–Kier alpha value is -1.53. The first-order chi connectivity index (χ1) is 7.54. The molecule has 2 atom stereocenters. The van der Waals surface area contributed by atoms with Gasteiger partial charge in [-0.25, -0.2) is 0 Å². The van der Waals surface area contributed by atoms with E-state index in [-0.39, 0.29) is 12.1 Å². The monoisotopic (exact) mass is 226 g/mol. The van der Waals surface area contributed by atoms with E-state index >= 15 is 0 Å². The van der Waals surface area contributed by atoms with Crippen LogP contribution >= 0.6 is 0 Å². The van der Waals surface area contributed by atoms with E-state index in [0.717, 1.165) is 0 Å². The summed E-state index contributed by atoms with van der Waals surface area (Å²) in [4.78, 5) is 18.7. The fourth-order valence-electron chi connectivity index (χ4n) is 1.19. The van der Waals surface area contributed by atoms with E-state index < -0.39 is 18.2 Å². The maximum atomic E-state index is 10.9. The van der Waals surface area contributed by atoms with Crippen LogP contribution in [0.5, 0.6) is 0 Å². The van der Waals surface area contributed by atoms with Gasteiger partial charge in [0.15, 0.2) is 0 Å². The number of ether oxygens (including phenoxy) is 1. The van der Waals surface area contributed by atoms with Gasteiger partial charge < -0.3 is 14.9 Å². The molecule has 2 N–H and O–H groups in total. The number of methoxy groups -OCH3 is 1. The molecule has 0 aliphatic rings. The predicted octanol–water partition coefficient (Wildman–Crippen LogP) is -0.258. The molecular weight excluding hydrogens is 212 g/mol. The smallest absolute Gasteiger partial charge is 0.308 e. The Morgan fingerprint density at radius 2 is 2.19 bits per heavy atom. The summed E-state index contributed by atoms with van der Waals surface area (Å²) in [6.45, 7) is 1.72. The molecule has 1 aromatic rings. The lowest BCUT2D eigenvalue weighted by molar-refractivity contribution is -0.144. The number of aromatic nitrogens is 2. The van der Waals surface area contributed by atoms with Crippen LogP contribution in [0.3, 0.4) is 0 Å². The molecule has 0 fully saturated rings. The average molecular weight is 226 g/mol. The maximum absolute atomic E-state index is 10.9. The van der Waals surface area contributed by atoms with Crippen LogP contribution in [0.4, 0.5) is 0 Å². The van der Waals surface area contributed by atoms with Crippen LogP contribution in [-0.4, -0.2) is 39.4 Å². The van der Waals surface area contributed by atoms with E-state index in [1.165, 1.54) is 19.5 Å². The molecule has 0 bridgehead atoms. The van der Waals surface area contributed by atoms with E-state index in [9.17, 15) is 15.0 Å². The van der Waals surface area contributed by atoms with Gasteiger partial charge >= 0.3 is 5.97 Å². The number of nitrogens with zero attached hydrogens (tertiary/aromatic N) is 2. The zero-order valence-electron chi connectivity index (χ0n) is 9.12. The average Bonchev–Trinajstić information content (AvgIpc) is 2.27. The minimum atomic E-state index is -1.25. The highest BCUT2D eigenvalue weighted by atomic mass is 16.5. The molecule has 0 spiro atoms. The van der Waals surface area contributed by atoms with Crippen LogP contribution < -0.4 is 0 Å². The zero-order chi connectivity index (χ0) is 12.1. The van der Waals surface area contributed by atoms with Crippen molar-refractivity contribution in [1.29, 1.82) is 0 Å². The Morgan fingerprint density at radius 1 is 1.50 bits per heavy atom. The maximum Gasteiger partial charge on any atom is 0.308 e. The van der Waals surface area contributed by atoms with E-state index in [0.29, 0.717) is 5.69 Å². The van der Waals surface area contributed by atoms with Gasteiger partial charge in [0.05, 0.1) is 37.2 Å². The highest BCUT2D eigenvalue weighted by Crippen LogP contribution is 2.16. The molecule has 0 aromatic carbocycles. The molecule has 1 aromatic heterocycles. The van der Waals surface area contributed by atoms with Crippen LogP contribution in [0.25, 0.3) is 0 Å². The molecule has 16 heavy (non-hydrogen) atoms. The number of esters is 1. The summed E-state index contributed by atoms with van der Waals surface area (Å²) >= 11 is 0. The number of rotatable bonds is 4. The fourth-order valence-corrected chi connectivity index (χ4v) is 1.19. The third kappa shape index (κ3) is 3.25. The van der Waals surface area contributed by atoms with Gasteiger partial charge in [0, 0.05) is 6.20 Å². The second kappa shape index (κ2) is 5.53. The molecule has 0 aliphatic heterocycles. The topological polar surface area (TPSA) is 92.5 Å². The van der Waals surface area contributed by atoms with Crippen molar-refractivity contribution >= 4 is 5.97 Å². The summed E-state index contributed by atoms with van der Waals surface area (Å²) < 4.78 is 4.38. The molecule has 0 radical (unpaired) electrons. The van der Waals surface area contributed by atoms with Gasteiger partial charge in [0.1, 0.15) is 6.10 Å². The molecule has 2 unspecified atom stereocenters. The number of aliphatic hydroxyl groups excluding tert-OH is 2. The molecule has 0 saturated carbocycles. The van der Waals surface area contributed by atoms with Crippen molar-refractivity contribution in [3.8, 4) is 0 Å². The molecule has 6 nitrogen and oxygen atoms in total. The number of aliphatic hydroxyl groups is 2. The van der Waals surface area contributed by atoms with Crippen LogP contribution in [0, 0.1) is 6.92 Å². The minimum absolute atomic E-state index is 0.233. The van der Waals surface area contributed by atoms with Gasteiger partial charge in [0.2, 0.25) is 0 Å². The van der Waals surface area contributed by atoms with Gasteiger partial charge in [-0.3, -0.25) is 14.8 Å². The van der Waals surface area contributed by atoms with Crippen molar-refractivity contribution < 1.29 is 19.7 Å². The van der Waals surface area contributed by atoms with Crippen LogP contribution in [0.1, 0.15) is 23.9 Å². The van der Waals surface area contributed by atoms with Gasteiger partial charge in [-0.05, 0) is 6.92 Å². The van der Waals surface area contributed by atoms with Gasteiger partial charge in [0.25, 0.3) is 0 Å². The lowest BCUT2D eigenvalue weighted by Gasteiger charge is -2.15. The lowest BCUT2D eigenvalue weighted by atomic mass is 10.1. The Labute approximate surface area is 92.9 Å². The van der Waals surface area contributed by atoms with Gasteiger partial charge in [-0.1, -0.05) is 0 Å². The normalized spacial score (nSPS) is 14.2. The summed E-state index contributed by atoms with van der Waals surface area (Å²) in [7, 11) is 1.22. The zero-order valence-corrected chi connectivity index (χ0v) is 9.12. The largest absolute Gasteiger partial charge is 0.469 e. The molecule has 1 rings (SSSR count). The quantitative estimate of drug-likeness (QED) is 0.687. The molecule has 1 heterocycles. The third-order valence-electron chi connectivity index (χ3n) is 2.04. The standard InChI is InChI=1S/C10H14N2O4/c1-6-4-11-5-7(12-6)10(15)8(13)3-9(14)16-2/h4-5,8,10,13,15H,3H2,1-2H3. The summed E-state index contributed by atoms with van der Waals surface area (Å²) in [5.74, 6) is -0.591. The fraction of sp³-hybridized carbons (Fsp3) is 0.500. The highest BCUT2D eigenvalue weighted by Gasteiger charge is 2.23. The summed E-state index contributed by atoms with van der Waals surface area (Å²) in [5, 5.41) is 19.2. The molecule has 0 amide bonds. The van der Waals surface area contributed by atoms with E-state index in [1.54, 1.807) is 6.92 Å². The van der Waals surface area contributed by atoms with Crippen LogP contribution in [-0.2, 0) is 9.53 Å². The number of carbonyl (C=O) groups is 1. The highest BCUT2D eigenvalue weighted by molar-refractivity contribution is 5.69. The predicted molar refractivity (Wildman–Crippen MR) is 54.4 cm³/mol. The van der Waals surface area contributed by atoms with E-state index in [2.05, 4.69) is 14.7 Å². The first-order valence-electron chi connectivity index (χ1n) is 4.76. The number of hydrogen-bond donors (Lipinski definition) is 2. The minimum Gasteiger partial charge on any atom is -0.469 e. The van der Waals surface area contributed by atoms with Crippen LogP contribution in [0.15, 0.2) is 12.4 Å². The summed E-state index contributed by atoms with van der Waals surface area (Å²) in [6, 6.07) is 0. The van der Waals surface area contributed by atoms with Gasteiger partial charge in [-0.15, -0.1) is 0 Å². The van der Waals surface area contributed by atoms with Gasteiger partial charge in [-0.2, -0.15) is 0 Å². The summed E-state index contributed by atoms with van der Waals surface area (Å²) in [6.07, 6.45) is 0.101.